The Labute approximate surface area is 143 Å². The Morgan fingerprint density at radius 2 is 2.00 bits per heavy atom. The van der Waals surface area contributed by atoms with Gasteiger partial charge in [-0.05, 0) is 18.8 Å². The molecule has 0 aromatic carbocycles. The van der Waals surface area contributed by atoms with Gasteiger partial charge >= 0.3 is 0 Å². The number of nitrogens with one attached hydrogen (secondary N) is 1. The summed E-state index contributed by atoms with van der Waals surface area (Å²) in [5, 5.41) is 3.67. The molecule has 122 valence electrons. The van der Waals surface area contributed by atoms with Gasteiger partial charge in [0.2, 0.25) is 5.95 Å². The van der Waals surface area contributed by atoms with Crippen LogP contribution >= 0.6 is 23.2 Å². The maximum atomic E-state index is 13.4. The van der Waals surface area contributed by atoms with Crippen molar-refractivity contribution in [2.24, 2.45) is 5.92 Å². The van der Waals surface area contributed by atoms with E-state index in [1.54, 1.807) is 6.20 Å². The molecule has 0 amide bonds. The van der Waals surface area contributed by atoms with Crippen LogP contribution in [0.2, 0.25) is 10.2 Å². The maximum Gasteiger partial charge on any atom is 0.213 e. The number of anilines is 1. The molecule has 2 aromatic heterocycles. The Kier molecular flexibility index (Phi) is 5.25. The molecule has 1 N–H and O–H groups in total. The SMILES string of the molecule is Fc1cc(-c2nc(NCC3CCOCC3)cnc2Cl)c(Cl)cn1. The number of nitrogens with zero attached hydrogens (tertiary/aromatic N) is 3. The minimum atomic E-state index is -0.650. The van der Waals surface area contributed by atoms with Crippen LogP contribution in [0, 0.1) is 11.9 Å². The van der Waals surface area contributed by atoms with Gasteiger partial charge in [-0.15, -0.1) is 0 Å². The molecule has 0 atom stereocenters. The van der Waals surface area contributed by atoms with Gasteiger partial charge < -0.3 is 10.1 Å². The summed E-state index contributed by atoms with van der Waals surface area (Å²) in [7, 11) is 0. The minimum absolute atomic E-state index is 0.161. The molecule has 0 spiro atoms. The Balaban J connectivity index is 1.80. The summed E-state index contributed by atoms with van der Waals surface area (Å²) >= 11 is 12.1. The predicted molar refractivity (Wildman–Crippen MR) is 87.3 cm³/mol. The maximum absolute atomic E-state index is 13.4. The zero-order valence-corrected chi connectivity index (χ0v) is 13.7. The molecule has 3 heterocycles. The molecule has 1 fully saturated rings. The molecule has 1 aliphatic heterocycles. The molecular formula is C15H15Cl2FN4O. The molecule has 0 radical (unpaired) electrons. The number of aromatic nitrogens is 3. The number of ether oxygens (including phenoxy) is 1. The highest BCUT2D eigenvalue weighted by atomic mass is 35.5. The van der Waals surface area contributed by atoms with Crippen LogP contribution in [0.3, 0.4) is 0 Å². The van der Waals surface area contributed by atoms with E-state index in [-0.39, 0.29) is 10.2 Å². The summed E-state index contributed by atoms with van der Waals surface area (Å²) in [6.07, 6.45) is 4.81. The minimum Gasteiger partial charge on any atom is -0.381 e. The number of hydrogen-bond donors (Lipinski definition) is 1. The number of rotatable bonds is 4. The van der Waals surface area contributed by atoms with Crippen LogP contribution < -0.4 is 5.32 Å². The fourth-order valence-electron chi connectivity index (χ4n) is 2.43. The van der Waals surface area contributed by atoms with E-state index in [2.05, 4.69) is 20.3 Å². The zero-order valence-electron chi connectivity index (χ0n) is 12.2. The fourth-order valence-corrected chi connectivity index (χ4v) is 2.81. The highest BCUT2D eigenvalue weighted by Gasteiger charge is 2.16. The predicted octanol–water partition coefficient (Wildman–Crippen LogP) is 3.82. The molecule has 8 heteroatoms. The summed E-state index contributed by atoms with van der Waals surface area (Å²) < 4.78 is 18.7. The van der Waals surface area contributed by atoms with Crippen molar-refractivity contribution in [1.29, 1.82) is 0 Å². The highest BCUT2D eigenvalue weighted by Crippen LogP contribution is 2.31. The molecule has 5 nitrogen and oxygen atoms in total. The van der Waals surface area contributed by atoms with Crippen LogP contribution in [0.4, 0.5) is 10.2 Å². The molecule has 1 aliphatic rings. The number of halogens is 3. The van der Waals surface area contributed by atoms with Gasteiger partial charge in [0, 0.05) is 37.6 Å². The van der Waals surface area contributed by atoms with E-state index < -0.39 is 5.95 Å². The molecule has 0 aliphatic carbocycles. The largest absolute Gasteiger partial charge is 0.381 e. The second-order valence-corrected chi connectivity index (χ2v) is 6.08. The molecule has 3 rings (SSSR count). The zero-order chi connectivity index (χ0) is 16.2. The van der Waals surface area contributed by atoms with Crippen molar-refractivity contribution >= 4 is 29.0 Å². The quantitative estimate of drug-likeness (QED) is 0.843. The van der Waals surface area contributed by atoms with E-state index in [0.29, 0.717) is 23.0 Å². The van der Waals surface area contributed by atoms with E-state index in [1.165, 1.54) is 12.3 Å². The van der Waals surface area contributed by atoms with Crippen LogP contribution in [-0.2, 0) is 4.74 Å². The lowest BCUT2D eigenvalue weighted by atomic mass is 10.0. The molecule has 0 saturated carbocycles. The van der Waals surface area contributed by atoms with Crippen LogP contribution in [0.25, 0.3) is 11.3 Å². The van der Waals surface area contributed by atoms with Crippen LogP contribution in [0.15, 0.2) is 18.5 Å². The van der Waals surface area contributed by atoms with Gasteiger partial charge in [0.05, 0.1) is 11.2 Å². The lowest BCUT2D eigenvalue weighted by molar-refractivity contribution is 0.0699. The van der Waals surface area contributed by atoms with Crippen molar-refractivity contribution in [2.45, 2.75) is 12.8 Å². The third-order valence-electron chi connectivity index (χ3n) is 3.72. The lowest BCUT2D eigenvalue weighted by Gasteiger charge is -2.22. The lowest BCUT2D eigenvalue weighted by Crippen LogP contribution is -2.23. The third-order valence-corrected chi connectivity index (χ3v) is 4.30. The summed E-state index contributed by atoms with van der Waals surface area (Å²) in [5.41, 5.74) is 0.696. The van der Waals surface area contributed by atoms with E-state index in [9.17, 15) is 4.39 Å². The van der Waals surface area contributed by atoms with Crippen molar-refractivity contribution in [1.82, 2.24) is 15.0 Å². The molecule has 23 heavy (non-hydrogen) atoms. The summed E-state index contributed by atoms with van der Waals surface area (Å²) in [4.78, 5) is 12.0. The van der Waals surface area contributed by atoms with Crippen molar-refractivity contribution < 1.29 is 9.13 Å². The van der Waals surface area contributed by atoms with Crippen molar-refractivity contribution in [3.63, 3.8) is 0 Å². The normalized spacial score (nSPS) is 15.6. The molecule has 0 unspecified atom stereocenters. The molecule has 0 bridgehead atoms. The molecule has 2 aromatic rings. The first-order chi connectivity index (χ1) is 11.1. The Hall–Kier alpha value is -1.50. The van der Waals surface area contributed by atoms with Gasteiger partial charge in [-0.2, -0.15) is 4.39 Å². The van der Waals surface area contributed by atoms with Gasteiger partial charge in [0.25, 0.3) is 0 Å². The molecule has 1 saturated heterocycles. The summed E-state index contributed by atoms with van der Waals surface area (Å²) in [5.74, 6) is 0.457. The van der Waals surface area contributed by atoms with E-state index in [0.717, 1.165) is 32.6 Å². The van der Waals surface area contributed by atoms with Crippen LogP contribution in [0.5, 0.6) is 0 Å². The number of pyridine rings is 1. The standard InChI is InChI=1S/C15H15Cl2FN4O/c16-11-7-19-12(18)5-10(11)14-15(17)21-8-13(22-14)20-6-9-1-3-23-4-2-9/h5,7-9H,1-4,6H2,(H,20,22). The first-order valence-corrected chi connectivity index (χ1v) is 8.04. The summed E-state index contributed by atoms with van der Waals surface area (Å²) in [6, 6.07) is 1.19. The second kappa shape index (κ2) is 7.38. The van der Waals surface area contributed by atoms with Crippen molar-refractivity contribution in [3.8, 4) is 11.3 Å². The monoisotopic (exact) mass is 356 g/mol. The smallest absolute Gasteiger partial charge is 0.213 e. The molecular weight excluding hydrogens is 342 g/mol. The average Bonchev–Trinajstić information content (AvgIpc) is 2.57. The van der Waals surface area contributed by atoms with E-state index in [1.807, 2.05) is 0 Å². The fraction of sp³-hybridized carbons (Fsp3) is 0.400. The van der Waals surface area contributed by atoms with Crippen LogP contribution in [0.1, 0.15) is 12.8 Å². The van der Waals surface area contributed by atoms with Gasteiger partial charge in [-0.3, -0.25) is 0 Å². The highest BCUT2D eigenvalue weighted by molar-refractivity contribution is 6.35. The number of hydrogen-bond acceptors (Lipinski definition) is 5. The second-order valence-electron chi connectivity index (χ2n) is 5.32. The topological polar surface area (TPSA) is 59.9 Å². The van der Waals surface area contributed by atoms with Gasteiger partial charge in [0.1, 0.15) is 11.5 Å². The van der Waals surface area contributed by atoms with Gasteiger partial charge in [-0.25, -0.2) is 15.0 Å². The van der Waals surface area contributed by atoms with Crippen molar-refractivity contribution in [2.75, 3.05) is 25.1 Å². The van der Waals surface area contributed by atoms with Gasteiger partial charge in [-0.1, -0.05) is 23.2 Å². The Bertz CT molecular complexity index is 695. The first-order valence-electron chi connectivity index (χ1n) is 7.29. The van der Waals surface area contributed by atoms with Crippen LogP contribution in [-0.4, -0.2) is 34.7 Å². The van der Waals surface area contributed by atoms with Gasteiger partial charge in [0.15, 0.2) is 5.15 Å². The van der Waals surface area contributed by atoms with E-state index >= 15 is 0 Å². The van der Waals surface area contributed by atoms with Crippen molar-refractivity contribution in [3.05, 3.63) is 34.6 Å². The van der Waals surface area contributed by atoms with E-state index in [4.69, 9.17) is 27.9 Å². The average molecular weight is 357 g/mol. The third kappa shape index (κ3) is 4.07. The Morgan fingerprint density at radius 1 is 1.22 bits per heavy atom. The summed E-state index contributed by atoms with van der Waals surface area (Å²) in [6.45, 7) is 2.35. The Morgan fingerprint density at radius 3 is 2.78 bits per heavy atom. The first kappa shape index (κ1) is 16.4.